The number of benzene rings is 1. The maximum absolute atomic E-state index is 12.9. The summed E-state index contributed by atoms with van der Waals surface area (Å²) >= 11 is 1.18. The zero-order valence-electron chi connectivity index (χ0n) is 10.2. The van der Waals surface area contributed by atoms with E-state index >= 15 is 0 Å². The van der Waals surface area contributed by atoms with E-state index in [-0.39, 0.29) is 23.1 Å². The first-order valence-electron chi connectivity index (χ1n) is 5.46. The molecule has 0 saturated heterocycles. The molecule has 1 aromatic rings. The minimum Gasteiger partial charge on any atom is -0.481 e. The highest BCUT2D eigenvalue weighted by molar-refractivity contribution is 8.00. The molecule has 104 valence electrons. The van der Waals surface area contributed by atoms with Crippen LogP contribution < -0.4 is 5.32 Å². The van der Waals surface area contributed by atoms with E-state index in [0.29, 0.717) is 0 Å². The van der Waals surface area contributed by atoms with E-state index in [1.165, 1.54) is 17.8 Å². The molecule has 4 nitrogen and oxygen atoms in total. The summed E-state index contributed by atoms with van der Waals surface area (Å²) in [5.41, 5.74) is 0.162. The van der Waals surface area contributed by atoms with Crippen molar-refractivity contribution in [2.24, 2.45) is 0 Å². The van der Waals surface area contributed by atoms with Crippen molar-refractivity contribution in [2.75, 3.05) is 11.1 Å². The average molecular weight is 289 g/mol. The fourth-order valence-electron chi connectivity index (χ4n) is 1.29. The molecule has 0 radical (unpaired) electrons. The number of rotatable bonds is 6. The van der Waals surface area contributed by atoms with Crippen molar-refractivity contribution in [3.8, 4) is 0 Å². The van der Waals surface area contributed by atoms with Crippen LogP contribution in [0.5, 0.6) is 0 Å². The average Bonchev–Trinajstić information content (AvgIpc) is 2.30. The highest BCUT2D eigenvalue weighted by atomic mass is 32.2. The SMILES string of the molecule is CC(CC(=O)O)SCC(=O)Nc1ccc(F)c(F)c1. The lowest BCUT2D eigenvalue weighted by atomic mass is 10.3. The number of anilines is 1. The van der Waals surface area contributed by atoms with Crippen LogP contribution in [-0.2, 0) is 9.59 Å². The van der Waals surface area contributed by atoms with Crippen LogP contribution in [0.15, 0.2) is 18.2 Å². The normalized spacial score (nSPS) is 11.9. The molecule has 0 aliphatic rings. The molecule has 1 amide bonds. The van der Waals surface area contributed by atoms with Crippen molar-refractivity contribution in [1.82, 2.24) is 0 Å². The van der Waals surface area contributed by atoms with Crippen LogP contribution in [-0.4, -0.2) is 28.0 Å². The van der Waals surface area contributed by atoms with Crippen LogP contribution in [0, 0.1) is 11.6 Å². The number of amides is 1. The Labute approximate surface area is 113 Å². The van der Waals surface area contributed by atoms with Gasteiger partial charge < -0.3 is 10.4 Å². The molecule has 0 spiro atoms. The molecule has 1 atom stereocenters. The predicted octanol–water partition coefficient (Wildman–Crippen LogP) is 2.50. The highest BCUT2D eigenvalue weighted by Gasteiger charge is 2.11. The Balaban J connectivity index is 2.42. The third-order valence-electron chi connectivity index (χ3n) is 2.16. The second-order valence-corrected chi connectivity index (χ2v) is 5.32. The van der Waals surface area contributed by atoms with Gasteiger partial charge in [-0.15, -0.1) is 11.8 Å². The number of carbonyl (C=O) groups excluding carboxylic acids is 1. The zero-order valence-corrected chi connectivity index (χ0v) is 11.0. The van der Waals surface area contributed by atoms with Gasteiger partial charge in [0, 0.05) is 17.0 Å². The summed E-state index contributed by atoms with van der Waals surface area (Å²) < 4.78 is 25.6. The minimum absolute atomic E-state index is 0.0386. The Morgan fingerprint density at radius 3 is 2.63 bits per heavy atom. The van der Waals surface area contributed by atoms with Crippen molar-refractivity contribution in [1.29, 1.82) is 0 Å². The molecule has 7 heteroatoms. The fraction of sp³-hybridized carbons (Fsp3) is 0.333. The van der Waals surface area contributed by atoms with Gasteiger partial charge in [-0.1, -0.05) is 6.92 Å². The molecule has 0 aliphatic heterocycles. The summed E-state index contributed by atoms with van der Waals surface area (Å²) in [6.45, 7) is 1.70. The number of carboxylic acid groups (broad SMARTS) is 1. The van der Waals surface area contributed by atoms with Gasteiger partial charge in [0.2, 0.25) is 5.91 Å². The van der Waals surface area contributed by atoms with E-state index in [0.717, 1.165) is 12.1 Å². The quantitative estimate of drug-likeness (QED) is 0.844. The second-order valence-electron chi connectivity index (χ2n) is 3.90. The standard InChI is InChI=1S/C12H13F2NO3S/c1-7(4-12(17)18)19-6-11(16)15-8-2-3-9(13)10(14)5-8/h2-3,5,7H,4,6H2,1H3,(H,15,16)(H,17,18). The number of nitrogens with one attached hydrogen (secondary N) is 1. The van der Waals surface area contributed by atoms with E-state index in [1.54, 1.807) is 6.92 Å². The summed E-state index contributed by atoms with van der Waals surface area (Å²) in [5.74, 6) is -3.30. The maximum Gasteiger partial charge on any atom is 0.304 e. The molecule has 1 unspecified atom stereocenters. The Morgan fingerprint density at radius 1 is 1.37 bits per heavy atom. The molecule has 0 heterocycles. The Kier molecular flexibility index (Phi) is 5.75. The topological polar surface area (TPSA) is 66.4 Å². The third kappa shape index (κ3) is 5.69. The molecule has 0 bridgehead atoms. The summed E-state index contributed by atoms with van der Waals surface area (Å²) in [7, 11) is 0. The number of aliphatic carboxylic acids is 1. The van der Waals surface area contributed by atoms with Crippen molar-refractivity contribution >= 4 is 29.3 Å². The van der Waals surface area contributed by atoms with Crippen LogP contribution in [0.1, 0.15) is 13.3 Å². The molecular formula is C12H13F2NO3S. The van der Waals surface area contributed by atoms with Crippen molar-refractivity contribution in [2.45, 2.75) is 18.6 Å². The summed E-state index contributed by atoms with van der Waals surface area (Å²) in [6, 6.07) is 3.06. The maximum atomic E-state index is 12.9. The summed E-state index contributed by atoms with van der Waals surface area (Å²) in [5, 5.41) is 10.8. The minimum atomic E-state index is -1.04. The smallest absolute Gasteiger partial charge is 0.304 e. The fourth-order valence-corrected chi connectivity index (χ4v) is 2.06. The van der Waals surface area contributed by atoms with Crippen molar-refractivity contribution < 1.29 is 23.5 Å². The van der Waals surface area contributed by atoms with Crippen LogP contribution in [0.25, 0.3) is 0 Å². The van der Waals surface area contributed by atoms with Crippen LogP contribution in [0.3, 0.4) is 0 Å². The number of thioether (sulfide) groups is 1. The van der Waals surface area contributed by atoms with E-state index in [9.17, 15) is 18.4 Å². The molecule has 0 fully saturated rings. The van der Waals surface area contributed by atoms with Gasteiger partial charge in [0.15, 0.2) is 11.6 Å². The molecule has 0 aromatic heterocycles. The van der Waals surface area contributed by atoms with Gasteiger partial charge >= 0.3 is 5.97 Å². The molecular weight excluding hydrogens is 276 g/mol. The predicted molar refractivity (Wildman–Crippen MR) is 69.2 cm³/mol. The van der Waals surface area contributed by atoms with Crippen LogP contribution in [0.4, 0.5) is 14.5 Å². The van der Waals surface area contributed by atoms with E-state index < -0.39 is 23.5 Å². The zero-order chi connectivity index (χ0) is 14.4. The van der Waals surface area contributed by atoms with Gasteiger partial charge in [0.1, 0.15) is 0 Å². The lowest BCUT2D eigenvalue weighted by molar-refractivity contribution is -0.136. The summed E-state index contributed by atoms with van der Waals surface area (Å²) in [6.07, 6.45) is -0.0386. The second kappa shape index (κ2) is 7.08. The van der Waals surface area contributed by atoms with Gasteiger partial charge in [0.25, 0.3) is 0 Å². The van der Waals surface area contributed by atoms with Crippen molar-refractivity contribution in [3.05, 3.63) is 29.8 Å². The summed E-state index contributed by atoms with van der Waals surface area (Å²) in [4.78, 5) is 21.9. The Hall–Kier alpha value is -1.63. The van der Waals surface area contributed by atoms with Crippen LogP contribution >= 0.6 is 11.8 Å². The van der Waals surface area contributed by atoms with E-state index in [4.69, 9.17) is 5.11 Å². The number of carboxylic acids is 1. The first-order valence-corrected chi connectivity index (χ1v) is 6.51. The largest absolute Gasteiger partial charge is 0.481 e. The van der Waals surface area contributed by atoms with Gasteiger partial charge in [-0.25, -0.2) is 8.78 Å². The van der Waals surface area contributed by atoms with Crippen LogP contribution in [0.2, 0.25) is 0 Å². The third-order valence-corrected chi connectivity index (χ3v) is 3.33. The number of carbonyl (C=O) groups is 2. The van der Waals surface area contributed by atoms with Gasteiger partial charge in [-0.2, -0.15) is 0 Å². The molecule has 2 N–H and O–H groups in total. The van der Waals surface area contributed by atoms with E-state index in [2.05, 4.69) is 5.32 Å². The highest BCUT2D eigenvalue weighted by Crippen LogP contribution is 2.16. The Morgan fingerprint density at radius 2 is 2.05 bits per heavy atom. The lowest BCUT2D eigenvalue weighted by Gasteiger charge is -2.09. The lowest BCUT2D eigenvalue weighted by Crippen LogP contribution is -2.17. The molecule has 1 aromatic carbocycles. The van der Waals surface area contributed by atoms with Gasteiger partial charge in [-0.3, -0.25) is 9.59 Å². The molecule has 0 saturated carbocycles. The van der Waals surface area contributed by atoms with E-state index in [1.807, 2.05) is 0 Å². The Bertz CT molecular complexity index is 482. The van der Waals surface area contributed by atoms with Gasteiger partial charge in [0.05, 0.1) is 12.2 Å². The van der Waals surface area contributed by atoms with Gasteiger partial charge in [-0.05, 0) is 12.1 Å². The number of halogens is 2. The monoisotopic (exact) mass is 289 g/mol. The van der Waals surface area contributed by atoms with Crippen molar-refractivity contribution in [3.63, 3.8) is 0 Å². The first kappa shape index (κ1) is 15.4. The first-order chi connectivity index (χ1) is 8.88. The molecule has 19 heavy (non-hydrogen) atoms. The number of hydrogen-bond donors (Lipinski definition) is 2. The molecule has 1 rings (SSSR count). The number of hydrogen-bond acceptors (Lipinski definition) is 3. The molecule has 0 aliphatic carbocycles.